The van der Waals surface area contributed by atoms with Crippen molar-refractivity contribution in [2.24, 2.45) is 17.6 Å². The molecular weight excluding hydrogens is 336 g/mol. The minimum atomic E-state index is -3.23. The quantitative estimate of drug-likeness (QED) is 0.862. The van der Waals surface area contributed by atoms with Gasteiger partial charge in [-0.1, -0.05) is 30.3 Å². The number of hydrogen-bond acceptors (Lipinski definition) is 4. The third kappa shape index (κ3) is 4.25. The minimum Gasteiger partial charge on any atom is -0.381 e. The van der Waals surface area contributed by atoms with Gasteiger partial charge in [-0.15, -0.1) is 12.4 Å². The van der Waals surface area contributed by atoms with Gasteiger partial charge < -0.3 is 10.5 Å². The highest BCUT2D eigenvalue weighted by molar-refractivity contribution is 7.89. The van der Waals surface area contributed by atoms with Gasteiger partial charge in [0.15, 0.2) is 0 Å². The highest BCUT2D eigenvalue weighted by Crippen LogP contribution is 2.34. The zero-order valence-corrected chi connectivity index (χ0v) is 14.8. The van der Waals surface area contributed by atoms with Crippen molar-refractivity contribution in [3.05, 3.63) is 35.9 Å². The summed E-state index contributed by atoms with van der Waals surface area (Å²) in [7, 11) is -3.23. The maximum Gasteiger partial charge on any atom is 0.214 e. The lowest BCUT2D eigenvalue weighted by Crippen LogP contribution is -2.34. The molecular formula is C16H25ClN2O3S. The summed E-state index contributed by atoms with van der Waals surface area (Å²) in [6.45, 7) is 2.83. The van der Waals surface area contributed by atoms with Crippen LogP contribution in [0.25, 0.3) is 0 Å². The lowest BCUT2D eigenvalue weighted by atomic mass is 9.89. The van der Waals surface area contributed by atoms with Crippen LogP contribution in [0.4, 0.5) is 0 Å². The summed E-state index contributed by atoms with van der Waals surface area (Å²) in [5.41, 5.74) is 7.07. The fraction of sp³-hybridized carbons (Fsp3) is 0.625. The van der Waals surface area contributed by atoms with Crippen LogP contribution in [0.15, 0.2) is 30.3 Å². The number of halogens is 1. The molecule has 0 amide bonds. The molecule has 0 saturated carbocycles. The second-order valence-corrected chi connectivity index (χ2v) is 8.35. The Balaban J connectivity index is 0.00000192. The van der Waals surface area contributed by atoms with Crippen LogP contribution in [0, 0.1) is 11.8 Å². The third-order valence-corrected chi connectivity index (χ3v) is 6.78. The van der Waals surface area contributed by atoms with Gasteiger partial charge in [0, 0.05) is 25.6 Å². The molecule has 0 spiro atoms. The average molecular weight is 361 g/mol. The van der Waals surface area contributed by atoms with Gasteiger partial charge in [-0.25, -0.2) is 12.7 Å². The molecule has 7 heteroatoms. The molecule has 2 heterocycles. The summed E-state index contributed by atoms with van der Waals surface area (Å²) < 4.78 is 32.2. The molecule has 0 radical (unpaired) electrons. The maximum absolute atomic E-state index is 12.7. The lowest BCUT2D eigenvalue weighted by Gasteiger charge is -2.18. The smallest absolute Gasteiger partial charge is 0.214 e. The van der Waals surface area contributed by atoms with Crippen LogP contribution in [-0.4, -0.2) is 51.3 Å². The first-order valence-electron chi connectivity index (χ1n) is 7.90. The summed E-state index contributed by atoms with van der Waals surface area (Å²) in [6, 6.07) is 10.1. The molecule has 23 heavy (non-hydrogen) atoms. The summed E-state index contributed by atoms with van der Waals surface area (Å²) in [5, 5.41) is 0. The van der Waals surface area contributed by atoms with E-state index in [1.54, 1.807) is 4.31 Å². The molecule has 2 aliphatic rings. The van der Waals surface area contributed by atoms with Crippen molar-refractivity contribution >= 4 is 22.4 Å². The van der Waals surface area contributed by atoms with Crippen LogP contribution in [0.5, 0.6) is 0 Å². The van der Waals surface area contributed by atoms with E-state index in [0.717, 1.165) is 6.42 Å². The van der Waals surface area contributed by atoms with Gasteiger partial charge in [-0.05, 0) is 30.4 Å². The summed E-state index contributed by atoms with van der Waals surface area (Å²) in [5.74, 6) is 0.723. The predicted molar refractivity (Wildman–Crippen MR) is 93.3 cm³/mol. The first-order valence-corrected chi connectivity index (χ1v) is 9.51. The Morgan fingerprint density at radius 2 is 1.96 bits per heavy atom. The first-order chi connectivity index (χ1) is 10.6. The molecule has 0 aliphatic carbocycles. The second kappa shape index (κ2) is 7.94. The molecule has 1 unspecified atom stereocenters. The zero-order chi connectivity index (χ0) is 15.6. The topological polar surface area (TPSA) is 72.6 Å². The van der Waals surface area contributed by atoms with Gasteiger partial charge in [0.2, 0.25) is 10.0 Å². The Hall–Kier alpha value is -0.660. The molecule has 1 aromatic rings. The summed E-state index contributed by atoms with van der Waals surface area (Å²) in [4.78, 5) is 0. The largest absolute Gasteiger partial charge is 0.381 e. The molecule has 3 atom stereocenters. The van der Waals surface area contributed by atoms with Gasteiger partial charge in [0.05, 0.1) is 12.4 Å². The Morgan fingerprint density at radius 3 is 2.57 bits per heavy atom. The minimum absolute atomic E-state index is 0. The summed E-state index contributed by atoms with van der Waals surface area (Å²) >= 11 is 0. The van der Waals surface area contributed by atoms with Crippen molar-refractivity contribution in [3.8, 4) is 0 Å². The van der Waals surface area contributed by atoms with E-state index in [1.807, 2.05) is 18.2 Å². The van der Waals surface area contributed by atoms with Crippen LogP contribution in [-0.2, 0) is 14.8 Å². The van der Waals surface area contributed by atoms with Crippen LogP contribution < -0.4 is 5.73 Å². The van der Waals surface area contributed by atoms with Gasteiger partial charge >= 0.3 is 0 Å². The molecule has 130 valence electrons. The molecule has 2 fully saturated rings. The van der Waals surface area contributed by atoms with Gasteiger partial charge in [-0.2, -0.15) is 0 Å². The van der Waals surface area contributed by atoms with E-state index in [1.165, 1.54) is 5.56 Å². The number of rotatable bonds is 5. The van der Waals surface area contributed by atoms with Gasteiger partial charge in [0.1, 0.15) is 0 Å². The van der Waals surface area contributed by atoms with E-state index < -0.39 is 10.0 Å². The summed E-state index contributed by atoms with van der Waals surface area (Å²) in [6.07, 6.45) is 0.843. The van der Waals surface area contributed by atoms with Crippen molar-refractivity contribution in [1.82, 2.24) is 4.31 Å². The molecule has 2 aliphatic heterocycles. The molecule has 0 bridgehead atoms. The first kappa shape index (κ1) is 18.7. The van der Waals surface area contributed by atoms with Crippen LogP contribution in [0.2, 0.25) is 0 Å². The number of nitrogens with zero attached hydrogens (tertiary/aromatic N) is 1. The van der Waals surface area contributed by atoms with E-state index >= 15 is 0 Å². The molecule has 2 N–H and O–H groups in total. The highest BCUT2D eigenvalue weighted by atomic mass is 35.5. The molecule has 0 aromatic heterocycles. The maximum atomic E-state index is 12.7. The number of benzene rings is 1. The van der Waals surface area contributed by atoms with E-state index in [0.29, 0.717) is 32.8 Å². The fourth-order valence-corrected chi connectivity index (χ4v) is 5.37. The monoisotopic (exact) mass is 360 g/mol. The molecule has 5 nitrogen and oxygen atoms in total. The number of nitrogens with two attached hydrogens (primary N) is 1. The Labute approximate surface area is 144 Å². The number of sulfonamides is 1. The number of ether oxygens (including phenoxy) is 1. The second-order valence-electron chi connectivity index (χ2n) is 6.34. The van der Waals surface area contributed by atoms with Crippen molar-refractivity contribution in [1.29, 1.82) is 0 Å². The van der Waals surface area contributed by atoms with Crippen molar-refractivity contribution in [2.45, 2.75) is 12.3 Å². The van der Waals surface area contributed by atoms with Crippen molar-refractivity contribution in [3.63, 3.8) is 0 Å². The Kier molecular flexibility index (Phi) is 6.45. The normalized spacial score (nSPS) is 28.7. The van der Waals surface area contributed by atoms with E-state index in [9.17, 15) is 8.42 Å². The zero-order valence-electron chi connectivity index (χ0n) is 13.1. The molecule has 2 saturated heterocycles. The SMILES string of the molecule is Cl.NC[C@@H]1CN(S(=O)(=O)CC2CCOC2)C[C@H]1c1ccccc1. The van der Waals surface area contributed by atoms with Crippen molar-refractivity contribution < 1.29 is 13.2 Å². The average Bonchev–Trinajstić information content (AvgIpc) is 3.16. The van der Waals surface area contributed by atoms with Gasteiger partial charge in [-0.3, -0.25) is 0 Å². The van der Waals surface area contributed by atoms with E-state index in [4.69, 9.17) is 10.5 Å². The van der Waals surface area contributed by atoms with E-state index in [-0.39, 0.29) is 35.9 Å². The Morgan fingerprint density at radius 1 is 1.22 bits per heavy atom. The van der Waals surface area contributed by atoms with Crippen LogP contribution in [0.1, 0.15) is 17.9 Å². The van der Waals surface area contributed by atoms with Crippen LogP contribution in [0.3, 0.4) is 0 Å². The number of hydrogen-bond donors (Lipinski definition) is 1. The fourth-order valence-electron chi connectivity index (χ4n) is 3.49. The highest BCUT2D eigenvalue weighted by Gasteiger charge is 2.39. The van der Waals surface area contributed by atoms with E-state index in [2.05, 4.69) is 12.1 Å². The Bertz CT molecular complexity index is 591. The van der Waals surface area contributed by atoms with Crippen molar-refractivity contribution in [2.75, 3.05) is 38.6 Å². The molecule has 3 rings (SSSR count). The van der Waals surface area contributed by atoms with Gasteiger partial charge in [0.25, 0.3) is 0 Å². The van der Waals surface area contributed by atoms with Crippen LogP contribution >= 0.6 is 12.4 Å². The molecule has 1 aromatic carbocycles. The predicted octanol–water partition coefficient (Wildman–Crippen LogP) is 1.45. The third-order valence-electron chi connectivity index (χ3n) is 4.80. The lowest BCUT2D eigenvalue weighted by molar-refractivity contribution is 0.188. The standard InChI is InChI=1S/C16H24N2O3S.ClH/c17-8-15-9-18(10-16(15)14-4-2-1-3-5-14)22(19,20)12-13-6-7-21-11-13;/h1-5,13,15-16H,6-12,17H2;1H/t13?,15-,16+;/m1./s1.